The van der Waals surface area contributed by atoms with Crippen molar-refractivity contribution in [2.75, 3.05) is 7.05 Å². The summed E-state index contributed by atoms with van der Waals surface area (Å²) in [4.78, 5) is 2.34. The highest BCUT2D eigenvalue weighted by Gasteiger charge is 2.21. The van der Waals surface area contributed by atoms with Crippen LogP contribution < -0.4 is 0 Å². The van der Waals surface area contributed by atoms with Gasteiger partial charge in [-0.1, -0.05) is 66.1 Å². The van der Waals surface area contributed by atoms with E-state index in [-0.39, 0.29) is 12.1 Å². The molecule has 2 unspecified atom stereocenters. The van der Waals surface area contributed by atoms with Crippen LogP contribution in [0.15, 0.2) is 77.9 Å². The number of hydrogen-bond acceptors (Lipinski definition) is 1. The number of terminal acetylenes is 1. The molecule has 0 heterocycles. The zero-order chi connectivity index (χ0) is 19.1. The lowest BCUT2D eigenvalue weighted by Crippen LogP contribution is -2.33. The molecule has 0 aliphatic rings. The van der Waals surface area contributed by atoms with Crippen molar-refractivity contribution in [1.82, 2.24) is 4.90 Å². The average molecular weight is 344 g/mol. The molecule has 0 amide bonds. The van der Waals surface area contributed by atoms with Crippen molar-refractivity contribution in [2.24, 2.45) is 0 Å². The monoisotopic (exact) mass is 343 g/mol. The van der Waals surface area contributed by atoms with Gasteiger partial charge in [-0.05, 0) is 63.2 Å². The Kier molecular flexibility index (Phi) is 7.01. The van der Waals surface area contributed by atoms with Gasteiger partial charge in [-0.3, -0.25) is 4.90 Å². The predicted octanol–water partition coefficient (Wildman–Crippen LogP) is 6.30. The SMILES string of the molecule is C#C/C(=C\C=C/C)C(C)N(C)C(C=C(C)C)c1ccc2ccccc2c1. The summed E-state index contributed by atoms with van der Waals surface area (Å²) >= 11 is 0. The molecule has 0 bridgehead atoms. The van der Waals surface area contributed by atoms with Crippen LogP contribution in [0.2, 0.25) is 0 Å². The molecule has 2 rings (SSSR count). The van der Waals surface area contributed by atoms with Gasteiger partial charge in [0.25, 0.3) is 0 Å². The molecule has 0 N–H and O–H groups in total. The van der Waals surface area contributed by atoms with Gasteiger partial charge < -0.3 is 0 Å². The minimum Gasteiger partial charge on any atom is -0.289 e. The average Bonchev–Trinajstić information content (AvgIpc) is 2.65. The van der Waals surface area contributed by atoms with Crippen molar-refractivity contribution in [3.63, 3.8) is 0 Å². The third kappa shape index (κ3) is 4.75. The number of fused-ring (bicyclic) bond motifs is 1. The standard InChI is InChI=1S/C25H29N/c1-7-9-12-21(8-2)20(5)26(6)25(17-19(3)4)24-16-15-22-13-10-11-14-23(22)18-24/h2,7,9-18,20,25H,1,3-6H3/b9-7-,21-12+. The van der Waals surface area contributed by atoms with Gasteiger partial charge >= 0.3 is 0 Å². The second-order valence-corrected chi connectivity index (χ2v) is 6.93. The van der Waals surface area contributed by atoms with E-state index in [1.807, 2.05) is 25.2 Å². The van der Waals surface area contributed by atoms with Crippen LogP contribution in [0.25, 0.3) is 10.8 Å². The van der Waals surface area contributed by atoms with E-state index in [0.29, 0.717) is 0 Å². The molecule has 0 aliphatic carbocycles. The minimum atomic E-state index is 0.142. The molecular formula is C25H29N. The number of rotatable bonds is 6. The Labute approximate surface area is 158 Å². The number of allylic oxidation sites excluding steroid dienone is 4. The Balaban J connectivity index is 2.45. The molecule has 0 aromatic heterocycles. The molecule has 0 saturated heterocycles. The zero-order valence-electron chi connectivity index (χ0n) is 16.5. The second kappa shape index (κ2) is 9.22. The molecule has 2 atom stereocenters. The fraction of sp³-hybridized carbons (Fsp3) is 0.280. The van der Waals surface area contributed by atoms with Crippen LogP contribution in [0.1, 0.15) is 39.3 Å². The van der Waals surface area contributed by atoms with Crippen LogP contribution in [-0.2, 0) is 0 Å². The van der Waals surface area contributed by atoms with Crippen molar-refractivity contribution in [2.45, 2.75) is 39.8 Å². The quantitative estimate of drug-likeness (QED) is 0.338. The van der Waals surface area contributed by atoms with Gasteiger partial charge in [0, 0.05) is 11.6 Å². The van der Waals surface area contributed by atoms with Crippen LogP contribution in [0.4, 0.5) is 0 Å². The van der Waals surface area contributed by atoms with Crippen molar-refractivity contribution in [1.29, 1.82) is 0 Å². The minimum absolute atomic E-state index is 0.142. The summed E-state index contributed by atoms with van der Waals surface area (Å²) in [6.07, 6.45) is 14.1. The molecule has 1 heteroatoms. The molecule has 0 spiro atoms. The first-order chi connectivity index (χ1) is 12.5. The summed E-state index contributed by atoms with van der Waals surface area (Å²) < 4.78 is 0. The van der Waals surface area contributed by atoms with Gasteiger partial charge in [0.2, 0.25) is 0 Å². The lowest BCUT2D eigenvalue weighted by molar-refractivity contribution is 0.245. The van der Waals surface area contributed by atoms with Gasteiger partial charge in [-0.15, -0.1) is 6.42 Å². The van der Waals surface area contributed by atoms with E-state index in [1.165, 1.54) is 21.9 Å². The van der Waals surface area contributed by atoms with Crippen molar-refractivity contribution in [3.8, 4) is 12.3 Å². The van der Waals surface area contributed by atoms with Crippen LogP contribution in [0, 0.1) is 12.3 Å². The van der Waals surface area contributed by atoms with E-state index in [2.05, 4.69) is 87.2 Å². The highest BCUT2D eigenvalue weighted by atomic mass is 15.2. The van der Waals surface area contributed by atoms with Gasteiger partial charge in [0.05, 0.1) is 6.04 Å². The Hall–Kier alpha value is -2.56. The molecule has 0 aliphatic heterocycles. The molecule has 0 radical (unpaired) electrons. The summed E-state index contributed by atoms with van der Waals surface area (Å²) in [5.74, 6) is 2.85. The molecule has 134 valence electrons. The third-order valence-corrected chi connectivity index (χ3v) is 4.74. The smallest absolute Gasteiger partial charge is 0.0537 e. The lowest BCUT2D eigenvalue weighted by atomic mass is 9.97. The van der Waals surface area contributed by atoms with Gasteiger partial charge in [0.1, 0.15) is 0 Å². The number of likely N-dealkylation sites (N-methyl/N-ethyl adjacent to an activating group) is 1. The first-order valence-electron chi connectivity index (χ1n) is 9.13. The fourth-order valence-corrected chi connectivity index (χ4v) is 3.12. The van der Waals surface area contributed by atoms with Crippen LogP contribution in [-0.4, -0.2) is 18.0 Å². The van der Waals surface area contributed by atoms with Crippen molar-refractivity contribution >= 4 is 10.8 Å². The summed E-state index contributed by atoms with van der Waals surface area (Å²) in [7, 11) is 2.14. The summed E-state index contributed by atoms with van der Waals surface area (Å²) in [5.41, 5.74) is 3.56. The molecule has 1 nitrogen and oxygen atoms in total. The largest absolute Gasteiger partial charge is 0.289 e. The second-order valence-electron chi connectivity index (χ2n) is 6.93. The molecule has 2 aromatic carbocycles. The Morgan fingerprint density at radius 1 is 1.12 bits per heavy atom. The number of benzene rings is 2. The zero-order valence-corrected chi connectivity index (χ0v) is 16.5. The molecule has 0 saturated carbocycles. The Morgan fingerprint density at radius 3 is 2.42 bits per heavy atom. The van der Waals surface area contributed by atoms with Crippen LogP contribution >= 0.6 is 0 Å². The van der Waals surface area contributed by atoms with E-state index < -0.39 is 0 Å². The molecule has 26 heavy (non-hydrogen) atoms. The lowest BCUT2D eigenvalue weighted by Gasteiger charge is -2.32. The van der Waals surface area contributed by atoms with Crippen LogP contribution in [0.3, 0.4) is 0 Å². The molecule has 0 fully saturated rings. The topological polar surface area (TPSA) is 3.24 Å². The van der Waals surface area contributed by atoms with E-state index in [4.69, 9.17) is 6.42 Å². The predicted molar refractivity (Wildman–Crippen MR) is 115 cm³/mol. The first kappa shape index (κ1) is 19.8. The molecule has 2 aromatic rings. The first-order valence-corrected chi connectivity index (χ1v) is 9.13. The highest BCUT2D eigenvalue weighted by molar-refractivity contribution is 5.83. The van der Waals surface area contributed by atoms with Gasteiger partial charge in [-0.25, -0.2) is 0 Å². The van der Waals surface area contributed by atoms with E-state index >= 15 is 0 Å². The van der Waals surface area contributed by atoms with Crippen molar-refractivity contribution in [3.05, 3.63) is 83.5 Å². The Bertz CT molecular complexity index is 872. The summed E-state index contributed by atoms with van der Waals surface area (Å²) in [6, 6.07) is 15.5. The fourth-order valence-electron chi connectivity index (χ4n) is 3.12. The number of hydrogen-bond donors (Lipinski definition) is 0. The highest BCUT2D eigenvalue weighted by Crippen LogP contribution is 2.29. The Morgan fingerprint density at radius 2 is 1.81 bits per heavy atom. The normalized spacial score (nSPS) is 14.4. The van der Waals surface area contributed by atoms with E-state index in [9.17, 15) is 0 Å². The van der Waals surface area contributed by atoms with E-state index in [0.717, 1.165) is 5.57 Å². The van der Waals surface area contributed by atoms with E-state index in [1.54, 1.807) is 0 Å². The maximum atomic E-state index is 5.77. The maximum Gasteiger partial charge on any atom is 0.0537 e. The van der Waals surface area contributed by atoms with Gasteiger partial charge in [0.15, 0.2) is 0 Å². The summed E-state index contributed by atoms with van der Waals surface area (Å²) in [6.45, 7) is 8.46. The third-order valence-electron chi connectivity index (χ3n) is 4.74. The number of nitrogens with zero attached hydrogens (tertiary/aromatic N) is 1. The molecular weight excluding hydrogens is 314 g/mol. The van der Waals surface area contributed by atoms with Crippen LogP contribution in [0.5, 0.6) is 0 Å². The van der Waals surface area contributed by atoms with Crippen molar-refractivity contribution < 1.29 is 0 Å². The maximum absolute atomic E-state index is 5.77. The van der Waals surface area contributed by atoms with Gasteiger partial charge in [-0.2, -0.15) is 0 Å². The summed E-state index contributed by atoms with van der Waals surface area (Å²) in [5, 5.41) is 2.53.